The van der Waals surface area contributed by atoms with E-state index in [0.717, 1.165) is 23.1 Å². The molecule has 0 saturated carbocycles. The summed E-state index contributed by atoms with van der Waals surface area (Å²) in [7, 11) is 1.59. The SMILES string of the molecule is COCc1ccc(C2CCCN2c2cc(C)nc3nc(C(F)(F)F)nn23)o1. The number of rotatable bonds is 4. The second kappa shape index (κ2) is 6.52. The quantitative estimate of drug-likeness (QED) is 0.689. The summed E-state index contributed by atoms with van der Waals surface area (Å²) >= 11 is 0. The first-order chi connectivity index (χ1) is 12.9. The zero-order valence-corrected chi connectivity index (χ0v) is 14.8. The van der Waals surface area contributed by atoms with Crippen LogP contribution in [0.15, 0.2) is 22.6 Å². The molecular formula is C17H18F3N5O2. The topological polar surface area (TPSA) is 68.7 Å². The normalized spacial score (nSPS) is 18.0. The lowest BCUT2D eigenvalue weighted by molar-refractivity contribution is -0.144. The highest BCUT2D eigenvalue weighted by atomic mass is 19.4. The Bertz CT molecular complexity index is 965. The van der Waals surface area contributed by atoms with Gasteiger partial charge < -0.3 is 14.1 Å². The molecule has 27 heavy (non-hydrogen) atoms. The standard InChI is InChI=1S/C17H18F3N5O2/c1-10-8-14(25-16(21-10)22-15(23-25)17(18,19)20)24-7-3-4-12(24)13-6-5-11(27-13)9-26-2/h5-6,8,12H,3-4,7,9H2,1-2H3. The van der Waals surface area contributed by atoms with Crippen LogP contribution in [-0.4, -0.2) is 33.2 Å². The van der Waals surface area contributed by atoms with E-state index in [1.54, 1.807) is 20.1 Å². The van der Waals surface area contributed by atoms with E-state index in [2.05, 4.69) is 15.1 Å². The average Bonchev–Trinajstić information content (AvgIpc) is 3.32. The van der Waals surface area contributed by atoms with Crippen molar-refractivity contribution >= 4 is 11.6 Å². The highest BCUT2D eigenvalue weighted by molar-refractivity contribution is 5.50. The minimum atomic E-state index is -4.63. The Balaban J connectivity index is 1.76. The summed E-state index contributed by atoms with van der Waals surface area (Å²) in [5.41, 5.74) is 0.573. The Morgan fingerprint density at radius 2 is 2.11 bits per heavy atom. The molecule has 1 saturated heterocycles. The largest absolute Gasteiger partial charge is 0.461 e. The third-order valence-electron chi connectivity index (χ3n) is 4.52. The van der Waals surface area contributed by atoms with Crippen LogP contribution in [0.2, 0.25) is 0 Å². The molecule has 0 bridgehead atoms. The number of hydrogen-bond donors (Lipinski definition) is 0. The lowest BCUT2D eigenvalue weighted by Crippen LogP contribution is -2.25. The molecule has 0 radical (unpaired) electrons. The van der Waals surface area contributed by atoms with Gasteiger partial charge in [-0.3, -0.25) is 0 Å². The highest BCUT2D eigenvalue weighted by Gasteiger charge is 2.38. The minimum absolute atomic E-state index is 0.0671. The fourth-order valence-corrected chi connectivity index (χ4v) is 3.42. The van der Waals surface area contributed by atoms with Gasteiger partial charge in [-0.05, 0) is 31.9 Å². The fourth-order valence-electron chi connectivity index (χ4n) is 3.42. The lowest BCUT2D eigenvalue weighted by Gasteiger charge is -2.25. The van der Waals surface area contributed by atoms with Gasteiger partial charge >= 0.3 is 6.18 Å². The third-order valence-corrected chi connectivity index (χ3v) is 4.52. The number of furan rings is 1. The summed E-state index contributed by atoms with van der Waals surface area (Å²) in [6, 6.07) is 5.35. The number of nitrogens with zero attached hydrogens (tertiary/aromatic N) is 5. The number of halogens is 3. The maximum Gasteiger partial charge on any atom is 0.453 e. The van der Waals surface area contributed by atoms with Crippen molar-refractivity contribution in [3.05, 3.63) is 41.2 Å². The summed E-state index contributed by atoms with van der Waals surface area (Å²) in [6.45, 7) is 2.76. The third kappa shape index (κ3) is 3.25. The number of fused-ring (bicyclic) bond motifs is 1. The zero-order valence-electron chi connectivity index (χ0n) is 14.8. The Morgan fingerprint density at radius 1 is 1.30 bits per heavy atom. The van der Waals surface area contributed by atoms with E-state index in [1.165, 1.54) is 0 Å². The summed E-state index contributed by atoms with van der Waals surface area (Å²) in [6.07, 6.45) is -2.92. The van der Waals surface area contributed by atoms with Crippen LogP contribution in [0.3, 0.4) is 0 Å². The van der Waals surface area contributed by atoms with Crippen LogP contribution >= 0.6 is 0 Å². The average molecular weight is 381 g/mol. The van der Waals surface area contributed by atoms with Crippen LogP contribution in [-0.2, 0) is 17.5 Å². The Hall–Kier alpha value is -2.62. The molecular weight excluding hydrogens is 363 g/mol. The van der Waals surface area contributed by atoms with Crippen molar-refractivity contribution in [1.82, 2.24) is 19.6 Å². The fraction of sp³-hybridized carbons (Fsp3) is 0.471. The van der Waals surface area contributed by atoms with Gasteiger partial charge in [0.05, 0.1) is 6.04 Å². The number of aromatic nitrogens is 4. The smallest absolute Gasteiger partial charge is 0.453 e. The van der Waals surface area contributed by atoms with Crippen LogP contribution in [0.1, 0.15) is 41.9 Å². The van der Waals surface area contributed by atoms with Gasteiger partial charge in [-0.25, -0.2) is 4.98 Å². The van der Waals surface area contributed by atoms with Gasteiger partial charge in [-0.1, -0.05) is 0 Å². The van der Waals surface area contributed by atoms with E-state index >= 15 is 0 Å². The highest BCUT2D eigenvalue weighted by Crippen LogP contribution is 2.37. The molecule has 0 N–H and O–H groups in total. The van der Waals surface area contributed by atoms with Crippen molar-refractivity contribution in [3.8, 4) is 0 Å². The molecule has 1 atom stereocenters. The molecule has 3 aromatic heterocycles. The van der Waals surface area contributed by atoms with Crippen LogP contribution in [0, 0.1) is 6.92 Å². The van der Waals surface area contributed by atoms with Crippen molar-refractivity contribution in [2.45, 2.75) is 38.6 Å². The Morgan fingerprint density at radius 3 is 2.85 bits per heavy atom. The van der Waals surface area contributed by atoms with E-state index in [1.807, 2.05) is 17.0 Å². The second-order valence-corrected chi connectivity index (χ2v) is 6.49. The summed E-state index contributed by atoms with van der Waals surface area (Å²) < 4.78 is 51.2. The Kier molecular flexibility index (Phi) is 4.29. The molecule has 4 rings (SSSR count). The molecule has 144 valence electrons. The number of alkyl halides is 3. The van der Waals surface area contributed by atoms with E-state index in [9.17, 15) is 13.2 Å². The maximum atomic E-state index is 13.0. The predicted molar refractivity (Wildman–Crippen MR) is 89.3 cm³/mol. The van der Waals surface area contributed by atoms with Crippen molar-refractivity contribution in [2.75, 3.05) is 18.6 Å². The monoisotopic (exact) mass is 381 g/mol. The van der Waals surface area contributed by atoms with Crippen LogP contribution < -0.4 is 4.90 Å². The van der Waals surface area contributed by atoms with E-state index in [-0.39, 0.29) is 11.8 Å². The summed E-state index contributed by atoms with van der Waals surface area (Å²) in [4.78, 5) is 9.64. The zero-order chi connectivity index (χ0) is 19.2. The first-order valence-electron chi connectivity index (χ1n) is 8.52. The van der Waals surface area contributed by atoms with Crippen molar-refractivity contribution in [3.63, 3.8) is 0 Å². The molecule has 0 amide bonds. The molecule has 0 aromatic carbocycles. The number of aryl methyl sites for hydroxylation is 1. The van der Waals surface area contributed by atoms with Gasteiger partial charge in [0.2, 0.25) is 0 Å². The first-order valence-corrected chi connectivity index (χ1v) is 8.52. The second-order valence-electron chi connectivity index (χ2n) is 6.49. The molecule has 0 aliphatic carbocycles. The van der Waals surface area contributed by atoms with Crippen LogP contribution in [0.5, 0.6) is 0 Å². The summed E-state index contributed by atoms with van der Waals surface area (Å²) in [5, 5.41) is 3.66. The number of methoxy groups -OCH3 is 1. The molecule has 3 aromatic rings. The van der Waals surface area contributed by atoms with Gasteiger partial charge in [0.25, 0.3) is 11.6 Å². The van der Waals surface area contributed by atoms with Crippen LogP contribution in [0.25, 0.3) is 5.78 Å². The lowest BCUT2D eigenvalue weighted by atomic mass is 10.1. The number of anilines is 1. The van der Waals surface area contributed by atoms with Crippen molar-refractivity contribution in [1.29, 1.82) is 0 Å². The molecule has 7 nitrogen and oxygen atoms in total. The Labute approximate surface area is 152 Å². The van der Waals surface area contributed by atoms with Gasteiger partial charge in [0.1, 0.15) is 23.9 Å². The molecule has 1 unspecified atom stereocenters. The first kappa shape index (κ1) is 17.8. The number of hydrogen-bond acceptors (Lipinski definition) is 6. The van der Waals surface area contributed by atoms with Gasteiger partial charge in [0.15, 0.2) is 0 Å². The maximum absolute atomic E-state index is 13.0. The van der Waals surface area contributed by atoms with Gasteiger partial charge in [0, 0.05) is 25.4 Å². The molecule has 1 aliphatic rings. The predicted octanol–water partition coefficient (Wildman–Crippen LogP) is 3.53. The molecule has 1 aliphatic heterocycles. The van der Waals surface area contributed by atoms with E-state index in [0.29, 0.717) is 30.4 Å². The van der Waals surface area contributed by atoms with Gasteiger partial charge in [-0.15, -0.1) is 5.10 Å². The molecule has 0 spiro atoms. The molecule has 4 heterocycles. The van der Waals surface area contributed by atoms with E-state index in [4.69, 9.17) is 9.15 Å². The number of ether oxygens (including phenoxy) is 1. The van der Waals surface area contributed by atoms with Crippen molar-refractivity contribution < 1.29 is 22.3 Å². The van der Waals surface area contributed by atoms with Crippen LogP contribution in [0.4, 0.5) is 19.0 Å². The molecule has 10 heteroatoms. The van der Waals surface area contributed by atoms with Crippen molar-refractivity contribution in [2.24, 2.45) is 0 Å². The van der Waals surface area contributed by atoms with E-state index < -0.39 is 12.0 Å². The summed E-state index contributed by atoms with van der Waals surface area (Å²) in [5.74, 6) is 0.710. The minimum Gasteiger partial charge on any atom is -0.461 e. The molecule has 1 fully saturated rings. The van der Waals surface area contributed by atoms with Gasteiger partial charge in [-0.2, -0.15) is 22.7 Å².